The molecule has 0 bridgehead atoms. The highest BCUT2D eigenvalue weighted by atomic mass is 35.5. The molecule has 2 heterocycles. The van der Waals surface area contributed by atoms with Crippen LogP contribution < -0.4 is 5.32 Å². The Labute approximate surface area is 132 Å². The first-order valence-electron chi connectivity index (χ1n) is 7.57. The molecule has 6 heteroatoms. The van der Waals surface area contributed by atoms with E-state index in [1.807, 2.05) is 11.0 Å². The van der Waals surface area contributed by atoms with Gasteiger partial charge in [0.05, 0.1) is 5.54 Å². The molecule has 1 N–H and O–H groups in total. The lowest BCUT2D eigenvalue weighted by atomic mass is 10.1. The van der Waals surface area contributed by atoms with E-state index in [9.17, 15) is 4.79 Å². The molecule has 21 heavy (non-hydrogen) atoms. The summed E-state index contributed by atoms with van der Waals surface area (Å²) >= 11 is 0. The second-order valence-corrected chi connectivity index (χ2v) is 6.85. The first-order valence-corrected chi connectivity index (χ1v) is 7.57. The average Bonchev–Trinajstić information content (AvgIpc) is 3.16. The highest BCUT2D eigenvalue weighted by Crippen LogP contribution is 2.41. The van der Waals surface area contributed by atoms with E-state index in [0.29, 0.717) is 11.6 Å². The van der Waals surface area contributed by atoms with Crippen LogP contribution in [0.2, 0.25) is 0 Å². The molecule has 1 saturated carbocycles. The van der Waals surface area contributed by atoms with E-state index in [1.165, 1.54) is 18.5 Å². The Hall–Kier alpha value is -1.07. The maximum Gasteiger partial charge on any atom is 0.274 e. The number of aromatic nitrogens is 2. The normalized spacial score (nSPS) is 19.3. The Morgan fingerprint density at radius 1 is 1.29 bits per heavy atom. The summed E-state index contributed by atoms with van der Waals surface area (Å²) in [5.41, 5.74) is 1.78. The monoisotopic (exact) mass is 312 g/mol. The first-order chi connectivity index (χ1) is 9.47. The van der Waals surface area contributed by atoms with Crippen LogP contribution in [0.3, 0.4) is 0 Å². The molecule has 0 unspecified atom stereocenters. The number of hydrogen-bond donors (Lipinski definition) is 1. The summed E-state index contributed by atoms with van der Waals surface area (Å²) in [6, 6.07) is 2.02. The van der Waals surface area contributed by atoms with Crippen LogP contribution >= 0.6 is 12.4 Å². The number of amides is 1. The number of hydrogen-bond acceptors (Lipinski definition) is 3. The molecule has 1 aromatic heterocycles. The van der Waals surface area contributed by atoms with Crippen LogP contribution in [0.4, 0.5) is 0 Å². The van der Waals surface area contributed by atoms with Crippen molar-refractivity contribution in [3.8, 4) is 0 Å². The Morgan fingerprint density at radius 2 is 1.90 bits per heavy atom. The van der Waals surface area contributed by atoms with Gasteiger partial charge in [-0.3, -0.25) is 9.48 Å². The number of carbonyl (C=O) groups excluding carboxylic acids is 1. The van der Waals surface area contributed by atoms with Crippen LogP contribution in [0.15, 0.2) is 6.07 Å². The van der Waals surface area contributed by atoms with E-state index in [2.05, 4.69) is 35.9 Å². The Bertz CT molecular complexity index is 510. The van der Waals surface area contributed by atoms with Crippen LogP contribution in [0, 0.1) is 0 Å². The van der Waals surface area contributed by atoms with Crippen molar-refractivity contribution >= 4 is 18.3 Å². The van der Waals surface area contributed by atoms with E-state index in [-0.39, 0.29) is 23.9 Å². The number of rotatable bonds is 2. The zero-order chi connectivity index (χ0) is 14.3. The van der Waals surface area contributed by atoms with Gasteiger partial charge in [-0.15, -0.1) is 12.4 Å². The first kappa shape index (κ1) is 16.3. The van der Waals surface area contributed by atoms with Crippen LogP contribution in [-0.2, 0) is 5.54 Å². The number of piperazine rings is 1. The fourth-order valence-corrected chi connectivity index (χ4v) is 2.74. The van der Waals surface area contributed by atoms with Crippen LogP contribution in [-0.4, -0.2) is 46.8 Å². The molecule has 1 saturated heterocycles. The van der Waals surface area contributed by atoms with E-state index in [1.54, 1.807) is 0 Å². The van der Waals surface area contributed by atoms with Crippen molar-refractivity contribution in [3.63, 3.8) is 0 Å². The highest BCUT2D eigenvalue weighted by molar-refractivity contribution is 5.92. The molecule has 0 atom stereocenters. The van der Waals surface area contributed by atoms with Gasteiger partial charge in [0.2, 0.25) is 0 Å². The van der Waals surface area contributed by atoms with Crippen molar-refractivity contribution < 1.29 is 4.79 Å². The van der Waals surface area contributed by atoms with Crippen molar-refractivity contribution in [1.82, 2.24) is 20.0 Å². The van der Waals surface area contributed by atoms with Gasteiger partial charge >= 0.3 is 0 Å². The standard InChI is InChI=1S/C15H24N4O.ClH/c1-15(2,3)19-13(11-4-5-11)10-12(17-19)14(20)18-8-6-16-7-9-18;/h10-11,16H,4-9H2,1-3H3;1H. The van der Waals surface area contributed by atoms with Crippen molar-refractivity contribution in [3.05, 3.63) is 17.5 Å². The molecular weight excluding hydrogens is 288 g/mol. The van der Waals surface area contributed by atoms with Gasteiger partial charge in [0.15, 0.2) is 5.69 Å². The van der Waals surface area contributed by atoms with Gasteiger partial charge in [-0.05, 0) is 39.7 Å². The number of nitrogens with zero attached hydrogens (tertiary/aromatic N) is 3. The fourth-order valence-electron chi connectivity index (χ4n) is 2.74. The van der Waals surface area contributed by atoms with E-state index in [4.69, 9.17) is 0 Å². The van der Waals surface area contributed by atoms with Crippen molar-refractivity contribution in [2.45, 2.75) is 45.1 Å². The summed E-state index contributed by atoms with van der Waals surface area (Å²) in [6.07, 6.45) is 2.45. The Balaban J connectivity index is 0.00000161. The molecule has 1 aliphatic carbocycles. The highest BCUT2D eigenvalue weighted by Gasteiger charge is 2.33. The summed E-state index contributed by atoms with van der Waals surface area (Å²) in [5.74, 6) is 0.683. The van der Waals surface area contributed by atoms with Crippen molar-refractivity contribution in [1.29, 1.82) is 0 Å². The van der Waals surface area contributed by atoms with Gasteiger partial charge in [0.25, 0.3) is 5.91 Å². The lowest BCUT2D eigenvalue weighted by molar-refractivity contribution is 0.0728. The van der Waals surface area contributed by atoms with Gasteiger partial charge in [0.1, 0.15) is 0 Å². The maximum absolute atomic E-state index is 12.6. The van der Waals surface area contributed by atoms with Gasteiger partial charge < -0.3 is 10.2 Å². The summed E-state index contributed by atoms with van der Waals surface area (Å²) < 4.78 is 2.06. The molecule has 2 fully saturated rings. The number of halogens is 1. The molecule has 0 spiro atoms. The Kier molecular flexibility index (Phi) is 4.63. The third kappa shape index (κ3) is 3.40. The van der Waals surface area contributed by atoms with Crippen molar-refractivity contribution in [2.24, 2.45) is 0 Å². The SMILES string of the molecule is CC(C)(C)n1nc(C(=O)N2CCNCC2)cc1C1CC1.Cl. The van der Waals surface area contributed by atoms with Crippen molar-refractivity contribution in [2.75, 3.05) is 26.2 Å². The largest absolute Gasteiger partial charge is 0.335 e. The second kappa shape index (κ2) is 5.97. The maximum atomic E-state index is 12.6. The molecule has 3 rings (SSSR count). The molecular formula is C15H25ClN4O. The van der Waals surface area contributed by atoms with Gasteiger partial charge in [-0.2, -0.15) is 5.10 Å². The number of carbonyl (C=O) groups is 1. The average molecular weight is 313 g/mol. The summed E-state index contributed by atoms with van der Waals surface area (Å²) in [7, 11) is 0. The topological polar surface area (TPSA) is 50.2 Å². The van der Waals surface area contributed by atoms with Gasteiger partial charge in [-0.25, -0.2) is 0 Å². The van der Waals surface area contributed by atoms with E-state index in [0.717, 1.165) is 26.2 Å². The van der Waals surface area contributed by atoms with E-state index >= 15 is 0 Å². The predicted octanol–water partition coefficient (Wildman–Crippen LogP) is 1.98. The second-order valence-electron chi connectivity index (χ2n) is 6.85. The summed E-state index contributed by atoms with van der Waals surface area (Å²) in [4.78, 5) is 14.5. The zero-order valence-corrected chi connectivity index (χ0v) is 13.9. The summed E-state index contributed by atoms with van der Waals surface area (Å²) in [5, 5.41) is 7.89. The lowest BCUT2D eigenvalue weighted by Gasteiger charge is -2.26. The van der Waals surface area contributed by atoms with Gasteiger partial charge in [-0.1, -0.05) is 0 Å². The molecule has 0 aromatic carbocycles. The van der Waals surface area contributed by atoms with Crippen LogP contribution in [0.5, 0.6) is 0 Å². The molecule has 1 aliphatic heterocycles. The third-order valence-electron chi connectivity index (χ3n) is 3.99. The molecule has 5 nitrogen and oxygen atoms in total. The molecule has 0 radical (unpaired) electrons. The van der Waals surface area contributed by atoms with E-state index < -0.39 is 0 Å². The van der Waals surface area contributed by atoms with Crippen LogP contribution in [0.25, 0.3) is 0 Å². The lowest BCUT2D eigenvalue weighted by Crippen LogP contribution is -2.46. The minimum atomic E-state index is -0.0695. The minimum Gasteiger partial charge on any atom is -0.335 e. The molecule has 2 aliphatic rings. The predicted molar refractivity (Wildman–Crippen MR) is 85.2 cm³/mol. The molecule has 1 amide bonds. The minimum absolute atomic E-state index is 0. The zero-order valence-electron chi connectivity index (χ0n) is 13.1. The smallest absolute Gasteiger partial charge is 0.274 e. The fraction of sp³-hybridized carbons (Fsp3) is 0.733. The van der Waals surface area contributed by atoms with Crippen LogP contribution in [0.1, 0.15) is 55.7 Å². The Morgan fingerprint density at radius 3 is 2.43 bits per heavy atom. The van der Waals surface area contributed by atoms with Gasteiger partial charge in [0, 0.05) is 37.8 Å². The molecule has 118 valence electrons. The summed E-state index contributed by atoms with van der Waals surface area (Å²) in [6.45, 7) is 9.74. The third-order valence-corrected chi connectivity index (χ3v) is 3.99. The molecule has 1 aromatic rings. The quantitative estimate of drug-likeness (QED) is 0.908. The number of nitrogens with one attached hydrogen (secondary N) is 1.